The molecule has 4 rings (SSSR count). The molecule has 2 heterocycles. The molecule has 1 aliphatic carbocycles. The number of rotatable bonds is 3. The van der Waals surface area contributed by atoms with E-state index in [0.717, 1.165) is 27.7 Å². The number of fused-ring (bicyclic) bond motifs is 1. The van der Waals surface area contributed by atoms with Gasteiger partial charge in [0.15, 0.2) is 0 Å². The number of carbonyl (C=O) groups is 1. The number of aromatic carboxylic acids is 1. The fraction of sp³-hybridized carbons (Fsp3) is 0.368. The SMILES string of the molecule is Cc1c(C(=O)O)c2cccc(-c3cnn(C4CCCC4)c3)c2n1C. The van der Waals surface area contributed by atoms with Crippen LogP contribution in [0.3, 0.4) is 0 Å². The number of nitrogens with zero attached hydrogens (tertiary/aromatic N) is 3. The van der Waals surface area contributed by atoms with Gasteiger partial charge in [0.2, 0.25) is 0 Å². The summed E-state index contributed by atoms with van der Waals surface area (Å²) in [4.78, 5) is 11.6. The monoisotopic (exact) mass is 323 g/mol. The number of aryl methyl sites for hydroxylation is 1. The molecule has 5 heteroatoms. The third kappa shape index (κ3) is 2.15. The van der Waals surface area contributed by atoms with Crippen molar-refractivity contribution in [3.05, 3.63) is 41.9 Å². The third-order valence-electron chi connectivity index (χ3n) is 5.33. The zero-order valence-corrected chi connectivity index (χ0v) is 14.0. The van der Waals surface area contributed by atoms with E-state index >= 15 is 0 Å². The molecule has 1 fully saturated rings. The Kier molecular flexibility index (Phi) is 3.44. The fourth-order valence-corrected chi connectivity index (χ4v) is 3.99. The minimum atomic E-state index is -0.878. The lowest BCUT2D eigenvalue weighted by Crippen LogP contribution is -2.04. The molecule has 0 radical (unpaired) electrons. The van der Waals surface area contributed by atoms with Crippen molar-refractivity contribution in [2.45, 2.75) is 38.6 Å². The van der Waals surface area contributed by atoms with Crippen LogP contribution in [-0.2, 0) is 7.05 Å². The molecule has 24 heavy (non-hydrogen) atoms. The largest absolute Gasteiger partial charge is 0.478 e. The predicted molar refractivity (Wildman–Crippen MR) is 93.3 cm³/mol. The van der Waals surface area contributed by atoms with E-state index in [2.05, 4.69) is 16.0 Å². The molecule has 5 nitrogen and oxygen atoms in total. The molecule has 0 bridgehead atoms. The van der Waals surface area contributed by atoms with Crippen molar-refractivity contribution >= 4 is 16.9 Å². The van der Waals surface area contributed by atoms with Crippen LogP contribution in [0.2, 0.25) is 0 Å². The molecule has 0 saturated heterocycles. The maximum Gasteiger partial charge on any atom is 0.338 e. The van der Waals surface area contributed by atoms with Crippen LogP contribution in [0.5, 0.6) is 0 Å². The summed E-state index contributed by atoms with van der Waals surface area (Å²) in [5.41, 5.74) is 4.20. The van der Waals surface area contributed by atoms with Gasteiger partial charge in [-0.3, -0.25) is 4.68 Å². The van der Waals surface area contributed by atoms with E-state index in [9.17, 15) is 9.90 Å². The van der Waals surface area contributed by atoms with Crippen molar-refractivity contribution in [2.24, 2.45) is 7.05 Å². The first kappa shape index (κ1) is 15.0. The highest BCUT2D eigenvalue weighted by Gasteiger charge is 2.22. The average molecular weight is 323 g/mol. The lowest BCUT2D eigenvalue weighted by Gasteiger charge is -2.09. The van der Waals surface area contributed by atoms with E-state index in [-0.39, 0.29) is 0 Å². The van der Waals surface area contributed by atoms with Gasteiger partial charge in [-0.05, 0) is 19.8 Å². The molecular formula is C19H21N3O2. The maximum atomic E-state index is 11.6. The molecule has 1 aliphatic rings. The van der Waals surface area contributed by atoms with Crippen molar-refractivity contribution in [1.29, 1.82) is 0 Å². The summed E-state index contributed by atoms with van der Waals surface area (Å²) in [6, 6.07) is 6.36. The Bertz CT molecular complexity index is 930. The van der Waals surface area contributed by atoms with Crippen molar-refractivity contribution in [3.63, 3.8) is 0 Å². The standard InChI is InChI=1S/C19H21N3O2/c1-12-17(19(23)24)16-9-5-8-15(18(16)21(12)2)13-10-20-22(11-13)14-6-3-4-7-14/h5,8-11,14H,3-4,6-7H2,1-2H3,(H,23,24). The number of benzene rings is 1. The summed E-state index contributed by atoms with van der Waals surface area (Å²) in [5.74, 6) is -0.878. The Hall–Kier alpha value is -2.56. The van der Waals surface area contributed by atoms with E-state index in [1.165, 1.54) is 25.7 Å². The summed E-state index contributed by atoms with van der Waals surface area (Å²) in [6.45, 7) is 1.86. The number of carboxylic acid groups (broad SMARTS) is 1. The van der Waals surface area contributed by atoms with Crippen LogP contribution in [0.15, 0.2) is 30.6 Å². The summed E-state index contributed by atoms with van der Waals surface area (Å²) in [7, 11) is 1.93. The highest BCUT2D eigenvalue weighted by molar-refractivity contribution is 6.08. The quantitative estimate of drug-likeness (QED) is 0.787. The first-order chi connectivity index (χ1) is 11.6. The Morgan fingerprint density at radius 3 is 2.75 bits per heavy atom. The summed E-state index contributed by atoms with van der Waals surface area (Å²) >= 11 is 0. The number of carboxylic acids is 1. The summed E-state index contributed by atoms with van der Waals surface area (Å²) in [6.07, 6.45) is 8.93. The Labute approximate surface area is 140 Å². The van der Waals surface area contributed by atoms with Crippen LogP contribution < -0.4 is 0 Å². The van der Waals surface area contributed by atoms with Crippen LogP contribution >= 0.6 is 0 Å². The van der Waals surface area contributed by atoms with Crippen LogP contribution in [0.1, 0.15) is 47.8 Å². The van der Waals surface area contributed by atoms with E-state index in [0.29, 0.717) is 11.6 Å². The van der Waals surface area contributed by atoms with Gasteiger partial charge in [0.1, 0.15) is 0 Å². The number of hydrogen-bond donors (Lipinski definition) is 1. The lowest BCUT2D eigenvalue weighted by atomic mass is 10.0. The van der Waals surface area contributed by atoms with Crippen molar-refractivity contribution in [1.82, 2.24) is 14.3 Å². The molecule has 124 valence electrons. The molecule has 2 aromatic heterocycles. The van der Waals surface area contributed by atoms with Gasteiger partial charge in [-0.2, -0.15) is 5.10 Å². The van der Waals surface area contributed by atoms with Gasteiger partial charge >= 0.3 is 5.97 Å². The second-order valence-electron chi connectivity index (χ2n) is 6.67. The second-order valence-corrected chi connectivity index (χ2v) is 6.67. The van der Waals surface area contributed by atoms with Gasteiger partial charge in [0, 0.05) is 35.5 Å². The molecular weight excluding hydrogens is 302 g/mol. The minimum absolute atomic E-state index is 0.387. The zero-order valence-electron chi connectivity index (χ0n) is 14.0. The molecule has 0 atom stereocenters. The molecule has 0 unspecified atom stereocenters. The topological polar surface area (TPSA) is 60.0 Å². The Morgan fingerprint density at radius 2 is 2.04 bits per heavy atom. The predicted octanol–water partition coefficient (Wildman–Crippen LogP) is 4.16. The first-order valence-corrected chi connectivity index (χ1v) is 8.43. The minimum Gasteiger partial charge on any atom is -0.478 e. The molecule has 0 aliphatic heterocycles. The van der Waals surface area contributed by atoms with E-state index in [1.54, 1.807) is 0 Å². The fourth-order valence-electron chi connectivity index (χ4n) is 3.99. The molecule has 1 saturated carbocycles. The highest BCUT2D eigenvalue weighted by atomic mass is 16.4. The van der Waals surface area contributed by atoms with Crippen molar-refractivity contribution in [2.75, 3.05) is 0 Å². The van der Waals surface area contributed by atoms with Gasteiger partial charge in [-0.1, -0.05) is 31.0 Å². The smallest absolute Gasteiger partial charge is 0.338 e. The van der Waals surface area contributed by atoms with E-state index in [4.69, 9.17) is 0 Å². The molecule has 1 N–H and O–H groups in total. The van der Waals surface area contributed by atoms with Crippen LogP contribution in [0.25, 0.3) is 22.0 Å². The van der Waals surface area contributed by atoms with Gasteiger partial charge in [0.25, 0.3) is 0 Å². The van der Waals surface area contributed by atoms with E-state index in [1.807, 2.05) is 42.9 Å². The average Bonchev–Trinajstić information content (AvgIpc) is 3.27. The van der Waals surface area contributed by atoms with Crippen LogP contribution in [0.4, 0.5) is 0 Å². The Balaban J connectivity index is 1.88. The highest BCUT2D eigenvalue weighted by Crippen LogP contribution is 2.35. The number of aromatic nitrogens is 3. The van der Waals surface area contributed by atoms with Crippen molar-refractivity contribution in [3.8, 4) is 11.1 Å². The van der Waals surface area contributed by atoms with Crippen LogP contribution in [0, 0.1) is 6.92 Å². The second kappa shape index (κ2) is 5.51. The van der Waals surface area contributed by atoms with Gasteiger partial charge in [0.05, 0.1) is 23.3 Å². The molecule has 3 aromatic rings. The van der Waals surface area contributed by atoms with Gasteiger partial charge < -0.3 is 9.67 Å². The normalized spacial score (nSPS) is 15.4. The van der Waals surface area contributed by atoms with Crippen molar-refractivity contribution < 1.29 is 9.90 Å². The Morgan fingerprint density at radius 1 is 1.29 bits per heavy atom. The van der Waals surface area contributed by atoms with Gasteiger partial charge in [-0.15, -0.1) is 0 Å². The molecule has 1 aromatic carbocycles. The summed E-state index contributed by atoms with van der Waals surface area (Å²) < 4.78 is 4.05. The first-order valence-electron chi connectivity index (χ1n) is 8.43. The number of hydrogen-bond acceptors (Lipinski definition) is 2. The third-order valence-corrected chi connectivity index (χ3v) is 5.33. The zero-order chi connectivity index (χ0) is 16.8. The lowest BCUT2D eigenvalue weighted by molar-refractivity contribution is 0.0698. The molecule has 0 amide bonds. The maximum absolute atomic E-state index is 11.6. The van der Waals surface area contributed by atoms with Crippen LogP contribution in [-0.4, -0.2) is 25.4 Å². The molecule has 0 spiro atoms. The number of para-hydroxylation sites is 1. The summed E-state index contributed by atoms with van der Waals surface area (Å²) in [5, 5.41) is 14.9. The van der Waals surface area contributed by atoms with E-state index < -0.39 is 5.97 Å². The van der Waals surface area contributed by atoms with Gasteiger partial charge in [-0.25, -0.2) is 4.79 Å².